The summed E-state index contributed by atoms with van der Waals surface area (Å²) in [7, 11) is 0. The monoisotopic (exact) mass is 348 g/mol. The van der Waals surface area contributed by atoms with Crippen LogP contribution in [0.25, 0.3) is 5.78 Å². The highest BCUT2D eigenvalue weighted by molar-refractivity contribution is 7.99. The number of nitrogens with zero attached hydrogens (tertiary/aromatic N) is 4. The number of fused-ring (bicyclic) bond motifs is 1. The molecule has 0 radical (unpaired) electrons. The molecule has 126 valence electrons. The first kappa shape index (κ1) is 16.7. The molecule has 24 heavy (non-hydrogen) atoms. The van der Waals surface area contributed by atoms with Crippen molar-refractivity contribution in [3.63, 3.8) is 0 Å². The number of para-hydroxylation sites is 1. The van der Waals surface area contributed by atoms with Crippen LogP contribution in [0.1, 0.15) is 11.4 Å². The van der Waals surface area contributed by atoms with Gasteiger partial charge in [-0.25, -0.2) is 9.37 Å². The van der Waals surface area contributed by atoms with Gasteiger partial charge in [-0.2, -0.15) is 0 Å². The number of aliphatic hydroxyl groups excluding tert-OH is 1. The number of aryl methyl sites for hydroxylation is 2. The number of aliphatic hydroxyl groups is 1. The smallest absolute Gasteiger partial charge is 0.256 e. The first-order valence-electron chi connectivity index (χ1n) is 7.42. The third-order valence-electron chi connectivity index (χ3n) is 3.34. The fourth-order valence-electron chi connectivity index (χ4n) is 2.26. The standard InChI is InChI=1S/C16H17FN4O2S/c1-10-7-11(2)21-15(18-10)19-20-16(21)24-9-12(22)8-23-14-6-4-3-5-13(14)17/h3-7,12,22H,8-9H2,1-2H3/t12-/m0/s1. The van der Waals surface area contributed by atoms with Crippen LogP contribution in [0.2, 0.25) is 0 Å². The molecule has 1 aromatic carbocycles. The third kappa shape index (κ3) is 3.65. The highest BCUT2D eigenvalue weighted by Gasteiger charge is 2.14. The van der Waals surface area contributed by atoms with Crippen molar-refractivity contribution in [2.45, 2.75) is 25.1 Å². The zero-order valence-corrected chi connectivity index (χ0v) is 14.1. The minimum Gasteiger partial charge on any atom is -0.488 e. The van der Waals surface area contributed by atoms with E-state index in [2.05, 4.69) is 15.2 Å². The lowest BCUT2D eigenvalue weighted by Gasteiger charge is -2.12. The van der Waals surface area contributed by atoms with Crippen molar-refractivity contribution < 1.29 is 14.2 Å². The van der Waals surface area contributed by atoms with Crippen molar-refractivity contribution in [1.82, 2.24) is 19.6 Å². The molecule has 0 bridgehead atoms. The van der Waals surface area contributed by atoms with Gasteiger partial charge in [-0.3, -0.25) is 4.40 Å². The lowest BCUT2D eigenvalue weighted by Crippen LogP contribution is -2.20. The predicted octanol–water partition coefficient (Wildman–Crippen LogP) is 2.41. The summed E-state index contributed by atoms with van der Waals surface area (Å²) in [5.74, 6) is 0.567. The number of ether oxygens (including phenoxy) is 1. The van der Waals surface area contributed by atoms with E-state index in [-0.39, 0.29) is 12.4 Å². The van der Waals surface area contributed by atoms with Crippen molar-refractivity contribution in [1.29, 1.82) is 0 Å². The van der Waals surface area contributed by atoms with E-state index in [1.807, 2.05) is 24.3 Å². The van der Waals surface area contributed by atoms with E-state index < -0.39 is 11.9 Å². The highest BCUT2D eigenvalue weighted by atomic mass is 32.2. The molecule has 3 aromatic rings. The van der Waals surface area contributed by atoms with Crippen LogP contribution in [0.15, 0.2) is 35.5 Å². The maximum atomic E-state index is 13.5. The van der Waals surface area contributed by atoms with Crippen LogP contribution in [0, 0.1) is 19.7 Å². The molecule has 0 saturated carbocycles. The van der Waals surface area contributed by atoms with Gasteiger partial charge < -0.3 is 9.84 Å². The Morgan fingerprint density at radius 3 is 2.88 bits per heavy atom. The fourth-order valence-corrected chi connectivity index (χ4v) is 3.15. The Morgan fingerprint density at radius 2 is 2.08 bits per heavy atom. The summed E-state index contributed by atoms with van der Waals surface area (Å²) in [6, 6.07) is 8.05. The largest absolute Gasteiger partial charge is 0.488 e. The topological polar surface area (TPSA) is 72.5 Å². The SMILES string of the molecule is Cc1cc(C)n2c(SC[C@@H](O)COc3ccccc3F)nnc2n1. The van der Waals surface area contributed by atoms with E-state index >= 15 is 0 Å². The second kappa shape index (κ2) is 7.14. The average molecular weight is 348 g/mol. The maximum absolute atomic E-state index is 13.5. The summed E-state index contributed by atoms with van der Waals surface area (Å²) in [6.07, 6.45) is -0.763. The van der Waals surface area contributed by atoms with Gasteiger partial charge >= 0.3 is 0 Å². The summed E-state index contributed by atoms with van der Waals surface area (Å²) in [6.45, 7) is 3.85. The van der Waals surface area contributed by atoms with E-state index in [9.17, 15) is 9.50 Å². The Hall–Kier alpha value is -2.19. The molecule has 6 nitrogen and oxygen atoms in total. The van der Waals surface area contributed by atoms with Gasteiger partial charge in [-0.15, -0.1) is 10.2 Å². The van der Waals surface area contributed by atoms with Gasteiger partial charge in [-0.1, -0.05) is 23.9 Å². The first-order valence-corrected chi connectivity index (χ1v) is 8.40. The lowest BCUT2D eigenvalue weighted by molar-refractivity contribution is 0.123. The molecule has 3 rings (SSSR count). The second-order valence-corrected chi connectivity index (χ2v) is 6.35. The van der Waals surface area contributed by atoms with Crippen LogP contribution in [-0.4, -0.2) is 43.2 Å². The van der Waals surface area contributed by atoms with Crippen LogP contribution in [0.5, 0.6) is 5.75 Å². The van der Waals surface area contributed by atoms with Gasteiger partial charge in [-0.05, 0) is 32.0 Å². The molecule has 1 N–H and O–H groups in total. The highest BCUT2D eigenvalue weighted by Crippen LogP contribution is 2.20. The molecule has 2 aromatic heterocycles. The van der Waals surface area contributed by atoms with Crippen LogP contribution < -0.4 is 4.74 Å². The molecular weight excluding hydrogens is 331 g/mol. The van der Waals surface area contributed by atoms with Crippen LogP contribution >= 0.6 is 11.8 Å². The summed E-state index contributed by atoms with van der Waals surface area (Å²) in [4.78, 5) is 4.32. The van der Waals surface area contributed by atoms with Gasteiger partial charge in [0.15, 0.2) is 16.7 Å². The zero-order valence-electron chi connectivity index (χ0n) is 13.3. The van der Waals surface area contributed by atoms with Crippen LogP contribution in [-0.2, 0) is 0 Å². The average Bonchev–Trinajstić information content (AvgIpc) is 2.95. The Kier molecular flexibility index (Phi) is 4.96. The third-order valence-corrected chi connectivity index (χ3v) is 4.41. The van der Waals surface area contributed by atoms with E-state index in [1.165, 1.54) is 23.9 Å². The molecule has 0 fully saturated rings. The van der Waals surface area contributed by atoms with Gasteiger partial charge in [0, 0.05) is 17.1 Å². The predicted molar refractivity (Wildman–Crippen MR) is 88.9 cm³/mol. The summed E-state index contributed by atoms with van der Waals surface area (Å²) in [5, 5.41) is 18.8. The van der Waals surface area contributed by atoms with Crippen molar-refractivity contribution in [3.05, 3.63) is 47.5 Å². The Morgan fingerprint density at radius 1 is 1.29 bits per heavy atom. The number of hydrogen-bond acceptors (Lipinski definition) is 6. The summed E-state index contributed by atoms with van der Waals surface area (Å²) in [5.41, 5.74) is 1.85. The van der Waals surface area contributed by atoms with Gasteiger partial charge in [0.2, 0.25) is 0 Å². The zero-order chi connectivity index (χ0) is 17.1. The van der Waals surface area contributed by atoms with Crippen LogP contribution in [0.4, 0.5) is 4.39 Å². The molecule has 0 spiro atoms. The molecule has 2 heterocycles. The number of benzene rings is 1. The molecule has 0 aliphatic carbocycles. The molecule has 0 aliphatic rings. The maximum Gasteiger partial charge on any atom is 0.256 e. The Bertz CT molecular complexity index is 855. The fraction of sp³-hybridized carbons (Fsp3) is 0.312. The minimum atomic E-state index is -0.763. The van der Waals surface area contributed by atoms with Gasteiger partial charge in [0.1, 0.15) is 6.61 Å². The number of thioether (sulfide) groups is 1. The number of rotatable bonds is 6. The van der Waals surface area contributed by atoms with Crippen LogP contribution in [0.3, 0.4) is 0 Å². The number of hydrogen-bond donors (Lipinski definition) is 1. The number of aromatic nitrogens is 4. The van der Waals surface area contributed by atoms with Gasteiger partial charge in [0.05, 0.1) is 6.10 Å². The van der Waals surface area contributed by atoms with E-state index in [0.717, 1.165) is 11.4 Å². The lowest BCUT2D eigenvalue weighted by atomic mass is 10.3. The van der Waals surface area contributed by atoms with Gasteiger partial charge in [0.25, 0.3) is 5.78 Å². The first-order chi connectivity index (χ1) is 11.5. The molecule has 1 atom stereocenters. The van der Waals surface area contributed by atoms with E-state index in [0.29, 0.717) is 16.7 Å². The second-order valence-electron chi connectivity index (χ2n) is 5.36. The van der Waals surface area contributed by atoms with Crippen molar-refractivity contribution in [2.75, 3.05) is 12.4 Å². The molecule has 0 saturated heterocycles. The molecule has 8 heteroatoms. The van der Waals surface area contributed by atoms with E-state index in [4.69, 9.17) is 4.74 Å². The number of halogens is 1. The molecular formula is C16H17FN4O2S. The quantitative estimate of drug-likeness (QED) is 0.690. The Balaban J connectivity index is 1.61. The van der Waals surface area contributed by atoms with Crippen molar-refractivity contribution >= 4 is 17.5 Å². The molecule has 0 aliphatic heterocycles. The van der Waals surface area contributed by atoms with Crippen molar-refractivity contribution in [3.8, 4) is 5.75 Å². The minimum absolute atomic E-state index is 0.00100. The molecule has 0 amide bonds. The normalized spacial score (nSPS) is 12.5. The van der Waals surface area contributed by atoms with Crippen molar-refractivity contribution in [2.24, 2.45) is 0 Å². The Labute approximate surface area is 142 Å². The summed E-state index contributed by atoms with van der Waals surface area (Å²) < 4.78 is 20.6. The summed E-state index contributed by atoms with van der Waals surface area (Å²) >= 11 is 1.35. The molecule has 0 unspecified atom stereocenters. The van der Waals surface area contributed by atoms with E-state index in [1.54, 1.807) is 12.1 Å².